The smallest absolute Gasteiger partial charge is 0.168 e. The summed E-state index contributed by atoms with van der Waals surface area (Å²) in [6, 6.07) is 10.9. The number of halogens is 2. The van der Waals surface area contributed by atoms with Crippen LogP contribution in [0, 0.1) is 5.82 Å². The highest BCUT2D eigenvalue weighted by molar-refractivity contribution is 9.10. The molecule has 0 saturated heterocycles. The topological polar surface area (TPSA) is 37.9 Å². The van der Waals surface area contributed by atoms with Crippen molar-refractivity contribution in [3.8, 4) is 17.1 Å². The number of hydrogen-bond donors (Lipinski definition) is 1. The van der Waals surface area contributed by atoms with Gasteiger partial charge < -0.3 is 9.72 Å². The van der Waals surface area contributed by atoms with Crippen molar-refractivity contribution in [3.63, 3.8) is 0 Å². The van der Waals surface area contributed by atoms with Gasteiger partial charge in [-0.15, -0.1) is 0 Å². The molecule has 0 aliphatic heterocycles. The van der Waals surface area contributed by atoms with Crippen LogP contribution in [0.3, 0.4) is 0 Å². The Morgan fingerprint density at radius 3 is 2.74 bits per heavy atom. The first-order valence-corrected chi connectivity index (χ1v) is 6.46. The van der Waals surface area contributed by atoms with Gasteiger partial charge in [0.15, 0.2) is 11.6 Å². The summed E-state index contributed by atoms with van der Waals surface area (Å²) in [5.74, 6) is 0.399. The van der Waals surface area contributed by atoms with Crippen LogP contribution in [0.25, 0.3) is 22.4 Å². The van der Waals surface area contributed by atoms with Crippen LogP contribution < -0.4 is 4.74 Å². The second kappa shape index (κ2) is 4.66. The van der Waals surface area contributed by atoms with Crippen molar-refractivity contribution in [2.45, 2.75) is 0 Å². The van der Waals surface area contributed by atoms with E-state index in [0.29, 0.717) is 15.9 Å². The van der Waals surface area contributed by atoms with E-state index >= 15 is 0 Å². The van der Waals surface area contributed by atoms with Gasteiger partial charge in [0.25, 0.3) is 0 Å². The van der Waals surface area contributed by atoms with E-state index in [1.807, 2.05) is 24.3 Å². The number of benzene rings is 2. The Morgan fingerprint density at radius 1 is 1.26 bits per heavy atom. The van der Waals surface area contributed by atoms with Crippen LogP contribution in [-0.2, 0) is 0 Å². The fourth-order valence-electron chi connectivity index (χ4n) is 1.98. The van der Waals surface area contributed by atoms with Gasteiger partial charge in [0.05, 0.1) is 22.6 Å². The fraction of sp³-hybridized carbons (Fsp3) is 0.0714. The van der Waals surface area contributed by atoms with Gasteiger partial charge in [0.1, 0.15) is 5.82 Å². The van der Waals surface area contributed by atoms with Crippen LogP contribution in [0.4, 0.5) is 4.39 Å². The monoisotopic (exact) mass is 320 g/mol. The molecule has 0 amide bonds. The third-order valence-corrected chi connectivity index (χ3v) is 3.45. The third kappa shape index (κ3) is 2.10. The predicted octanol–water partition coefficient (Wildman–Crippen LogP) is 4.14. The van der Waals surface area contributed by atoms with E-state index < -0.39 is 5.82 Å². The van der Waals surface area contributed by atoms with E-state index in [1.54, 1.807) is 6.07 Å². The van der Waals surface area contributed by atoms with Crippen LogP contribution >= 0.6 is 15.9 Å². The maximum absolute atomic E-state index is 13.9. The molecule has 0 fully saturated rings. The van der Waals surface area contributed by atoms with E-state index in [-0.39, 0.29) is 5.75 Å². The first-order valence-electron chi connectivity index (χ1n) is 5.67. The largest absolute Gasteiger partial charge is 0.492 e. The summed E-state index contributed by atoms with van der Waals surface area (Å²) in [6.45, 7) is 0. The summed E-state index contributed by atoms with van der Waals surface area (Å²) < 4.78 is 19.4. The molecule has 3 rings (SSSR count). The molecule has 2 aromatic carbocycles. The molecule has 1 N–H and O–H groups in total. The molecule has 5 heteroatoms. The van der Waals surface area contributed by atoms with E-state index in [4.69, 9.17) is 4.74 Å². The van der Waals surface area contributed by atoms with Crippen LogP contribution in [0.15, 0.2) is 40.9 Å². The van der Waals surface area contributed by atoms with Crippen molar-refractivity contribution >= 4 is 27.0 Å². The average Bonchev–Trinajstić information content (AvgIpc) is 2.82. The number of imidazole rings is 1. The second-order valence-corrected chi connectivity index (χ2v) is 4.93. The highest BCUT2D eigenvalue weighted by atomic mass is 79.9. The molecule has 3 nitrogen and oxygen atoms in total. The number of ether oxygens (including phenoxy) is 1. The van der Waals surface area contributed by atoms with Crippen molar-refractivity contribution in [1.82, 2.24) is 9.97 Å². The standard InChI is InChI=1S/C14H10BrFN2O/c1-19-13-9(15)6-8(7-10(13)16)14-17-11-4-2-3-5-12(11)18-14/h2-7H,1H3,(H,17,18). The van der Waals surface area contributed by atoms with E-state index in [2.05, 4.69) is 25.9 Å². The molecule has 0 atom stereocenters. The van der Waals surface area contributed by atoms with Crippen LogP contribution in [0.2, 0.25) is 0 Å². The van der Waals surface area contributed by atoms with E-state index in [0.717, 1.165) is 11.0 Å². The maximum atomic E-state index is 13.9. The van der Waals surface area contributed by atoms with Crippen molar-refractivity contribution in [3.05, 3.63) is 46.7 Å². The van der Waals surface area contributed by atoms with Gasteiger partial charge in [-0.1, -0.05) is 12.1 Å². The minimum atomic E-state index is -0.424. The summed E-state index contributed by atoms with van der Waals surface area (Å²) in [4.78, 5) is 7.60. The van der Waals surface area contributed by atoms with E-state index in [1.165, 1.54) is 13.2 Å². The summed E-state index contributed by atoms with van der Waals surface area (Å²) in [5, 5.41) is 0. The predicted molar refractivity (Wildman–Crippen MR) is 75.7 cm³/mol. The lowest BCUT2D eigenvalue weighted by Gasteiger charge is -2.06. The van der Waals surface area contributed by atoms with Crippen molar-refractivity contribution < 1.29 is 9.13 Å². The number of nitrogens with zero attached hydrogens (tertiary/aromatic N) is 1. The number of H-pyrrole nitrogens is 1. The minimum Gasteiger partial charge on any atom is -0.492 e. The first-order chi connectivity index (χ1) is 9.19. The summed E-state index contributed by atoms with van der Waals surface area (Å²) in [5.41, 5.74) is 2.44. The summed E-state index contributed by atoms with van der Waals surface area (Å²) >= 11 is 3.29. The van der Waals surface area contributed by atoms with Gasteiger partial charge in [-0.05, 0) is 40.2 Å². The van der Waals surface area contributed by atoms with Crippen molar-refractivity contribution in [2.75, 3.05) is 7.11 Å². The van der Waals surface area contributed by atoms with Gasteiger partial charge >= 0.3 is 0 Å². The molecule has 96 valence electrons. The zero-order chi connectivity index (χ0) is 13.4. The molecule has 0 bridgehead atoms. The molecule has 0 radical (unpaired) electrons. The lowest BCUT2D eigenvalue weighted by atomic mass is 10.2. The Balaban J connectivity index is 2.16. The van der Waals surface area contributed by atoms with Crippen LogP contribution in [0.5, 0.6) is 5.75 Å². The number of fused-ring (bicyclic) bond motifs is 1. The zero-order valence-electron chi connectivity index (χ0n) is 10.1. The maximum Gasteiger partial charge on any atom is 0.168 e. The van der Waals surface area contributed by atoms with Crippen molar-refractivity contribution in [2.24, 2.45) is 0 Å². The van der Waals surface area contributed by atoms with Gasteiger partial charge in [-0.2, -0.15) is 0 Å². The summed E-state index contributed by atoms with van der Waals surface area (Å²) in [6.07, 6.45) is 0. The number of aromatic nitrogens is 2. The molecule has 1 heterocycles. The Hall–Kier alpha value is -1.88. The quantitative estimate of drug-likeness (QED) is 0.770. The highest BCUT2D eigenvalue weighted by Gasteiger charge is 2.13. The SMILES string of the molecule is COc1c(F)cc(-c2nc3ccccc3[nH]2)cc1Br. The van der Waals surface area contributed by atoms with Crippen LogP contribution in [0.1, 0.15) is 0 Å². The highest BCUT2D eigenvalue weighted by Crippen LogP contribution is 2.33. The average molecular weight is 321 g/mol. The molecule has 0 saturated carbocycles. The Labute approximate surface area is 117 Å². The molecule has 0 unspecified atom stereocenters. The van der Waals surface area contributed by atoms with Crippen LogP contribution in [-0.4, -0.2) is 17.1 Å². The first kappa shape index (κ1) is 12.2. The molecule has 3 aromatic rings. The van der Waals surface area contributed by atoms with Crippen molar-refractivity contribution in [1.29, 1.82) is 0 Å². The Bertz CT molecular complexity index is 698. The Kier molecular flexibility index (Phi) is 2.98. The normalized spacial score (nSPS) is 10.9. The lowest BCUT2D eigenvalue weighted by molar-refractivity contribution is 0.384. The molecular weight excluding hydrogens is 311 g/mol. The number of para-hydroxylation sites is 2. The third-order valence-electron chi connectivity index (χ3n) is 2.87. The zero-order valence-corrected chi connectivity index (χ0v) is 11.7. The number of nitrogens with one attached hydrogen (secondary N) is 1. The van der Waals surface area contributed by atoms with Gasteiger partial charge in [-0.3, -0.25) is 0 Å². The molecule has 0 aliphatic carbocycles. The minimum absolute atomic E-state index is 0.194. The lowest BCUT2D eigenvalue weighted by Crippen LogP contribution is -1.91. The van der Waals surface area contributed by atoms with Gasteiger partial charge in [-0.25, -0.2) is 9.37 Å². The number of aromatic amines is 1. The Morgan fingerprint density at radius 2 is 2.05 bits per heavy atom. The molecule has 0 spiro atoms. The molecule has 1 aromatic heterocycles. The fourth-order valence-corrected chi connectivity index (χ4v) is 2.58. The number of rotatable bonds is 2. The molecular formula is C14H10BrFN2O. The molecule has 19 heavy (non-hydrogen) atoms. The van der Waals surface area contributed by atoms with Gasteiger partial charge in [0, 0.05) is 5.56 Å². The summed E-state index contributed by atoms with van der Waals surface area (Å²) in [7, 11) is 1.43. The number of hydrogen-bond acceptors (Lipinski definition) is 2. The molecule has 0 aliphatic rings. The second-order valence-electron chi connectivity index (χ2n) is 4.08. The number of methoxy groups -OCH3 is 1. The van der Waals surface area contributed by atoms with E-state index in [9.17, 15) is 4.39 Å². The van der Waals surface area contributed by atoms with Gasteiger partial charge in [0.2, 0.25) is 0 Å².